The van der Waals surface area contributed by atoms with Crippen LogP contribution in [0.25, 0.3) is 0 Å². The number of ether oxygens (including phenoxy) is 3. The van der Waals surface area contributed by atoms with Crippen LogP contribution in [-0.2, 0) is 28.6 Å². The Bertz CT molecular complexity index is 266. The quantitative estimate of drug-likeness (QED) is 0.480. The lowest BCUT2D eigenvalue weighted by atomic mass is 9.97. The summed E-state index contributed by atoms with van der Waals surface area (Å²) in [5, 5.41) is 0. The molecule has 0 heterocycles. The molecule has 0 radical (unpaired) electrons. The summed E-state index contributed by atoms with van der Waals surface area (Å²) in [5.74, 6) is -1.78. The van der Waals surface area contributed by atoms with Crippen molar-refractivity contribution in [2.45, 2.75) is 33.1 Å². The maximum Gasteiger partial charge on any atom is 0.306 e. The van der Waals surface area contributed by atoms with E-state index in [1.807, 2.05) is 0 Å². The van der Waals surface area contributed by atoms with Crippen molar-refractivity contribution < 1.29 is 28.6 Å². The third-order valence-corrected chi connectivity index (χ3v) is 2.20. The van der Waals surface area contributed by atoms with E-state index in [1.54, 1.807) is 13.8 Å². The zero-order valence-electron chi connectivity index (χ0n) is 11.1. The molecular formula is C12H20O6. The smallest absolute Gasteiger partial charge is 0.306 e. The lowest BCUT2D eigenvalue weighted by Gasteiger charge is -2.13. The normalized spacial score (nSPS) is 10.0. The average Bonchev–Trinajstić information content (AvgIpc) is 2.29. The van der Waals surface area contributed by atoms with Crippen molar-refractivity contribution >= 4 is 17.9 Å². The molecule has 0 fully saturated rings. The number of rotatable bonds is 8. The Morgan fingerprint density at radius 1 is 0.833 bits per heavy atom. The Balaban J connectivity index is 4.36. The molecule has 0 unspecified atom stereocenters. The number of hydrogen-bond donors (Lipinski definition) is 0. The third kappa shape index (κ3) is 7.65. The van der Waals surface area contributed by atoms with Crippen molar-refractivity contribution in [3.8, 4) is 0 Å². The van der Waals surface area contributed by atoms with E-state index in [1.165, 1.54) is 7.11 Å². The Kier molecular flexibility index (Phi) is 8.61. The van der Waals surface area contributed by atoms with E-state index in [4.69, 9.17) is 9.47 Å². The van der Waals surface area contributed by atoms with E-state index in [-0.39, 0.29) is 32.5 Å². The SMILES string of the molecule is CCOC(=O)CC(CC(=O)OC)CC(=O)OCC. The largest absolute Gasteiger partial charge is 0.469 e. The summed E-state index contributed by atoms with van der Waals surface area (Å²) in [5.41, 5.74) is 0. The van der Waals surface area contributed by atoms with Crippen LogP contribution in [0.15, 0.2) is 0 Å². The topological polar surface area (TPSA) is 78.9 Å². The van der Waals surface area contributed by atoms with Crippen LogP contribution in [-0.4, -0.2) is 38.2 Å². The van der Waals surface area contributed by atoms with Gasteiger partial charge in [-0.2, -0.15) is 0 Å². The summed E-state index contributed by atoms with van der Waals surface area (Å²) >= 11 is 0. The molecule has 0 aromatic heterocycles. The van der Waals surface area contributed by atoms with Crippen LogP contribution in [0, 0.1) is 5.92 Å². The van der Waals surface area contributed by atoms with Crippen molar-refractivity contribution in [3.63, 3.8) is 0 Å². The second-order valence-electron chi connectivity index (χ2n) is 3.66. The first-order valence-corrected chi connectivity index (χ1v) is 5.91. The summed E-state index contributed by atoms with van der Waals surface area (Å²) < 4.78 is 14.1. The molecule has 0 saturated carbocycles. The second-order valence-corrected chi connectivity index (χ2v) is 3.66. The fourth-order valence-corrected chi connectivity index (χ4v) is 1.45. The first-order chi connectivity index (χ1) is 8.53. The van der Waals surface area contributed by atoms with E-state index >= 15 is 0 Å². The van der Waals surface area contributed by atoms with Gasteiger partial charge >= 0.3 is 17.9 Å². The maximum absolute atomic E-state index is 11.3. The van der Waals surface area contributed by atoms with Gasteiger partial charge in [0.15, 0.2) is 0 Å². The Morgan fingerprint density at radius 3 is 1.56 bits per heavy atom. The standard InChI is InChI=1S/C12H20O6/c1-4-17-11(14)7-9(6-10(13)16-3)8-12(15)18-5-2/h9H,4-8H2,1-3H3. The molecule has 0 aromatic rings. The first-order valence-electron chi connectivity index (χ1n) is 5.91. The molecule has 6 heteroatoms. The minimum atomic E-state index is -0.464. The molecule has 6 nitrogen and oxygen atoms in total. The lowest BCUT2D eigenvalue weighted by molar-refractivity contribution is -0.148. The molecular weight excluding hydrogens is 240 g/mol. The molecule has 0 aliphatic rings. The molecule has 0 saturated heterocycles. The summed E-state index contributed by atoms with van der Waals surface area (Å²) in [6.07, 6.45) is -0.00234. The Labute approximate surface area is 107 Å². The van der Waals surface area contributed by atoms with Gasteiger partial charge in [0.05, 0.1) is 20.3 Å². The highest BCUT2D eigenvalue weighted by atomic mass is 16.5. The first kappa shape index (κ1) is 16.4. The fourth-order valence-electron chi connectivity index (χ4n) is 1.45. The highest BCUT2D eigenvalue weighted by Crippen LogP contribution is 2.16. The molecule has 0 aliphatic heterocycles. The van der Waals surface area contributed by atoms with Crippen molar-refractivity contribution in [2.75, 3.05) is 20.3 Å². The molecule has 0 spiro atoms. The van der Waals surface area contributed by atoms with E-state index in [0.29, 0.717) is 0 Å². The maximum atomic E-state index is 11.3. The predicted molar refractivity (Wildman–Crippen MR) is 62.6 cm³/mol. The van der Waals surface area contributed by atoms with Crippen molar-refractivity contribution in [1.29, 1.82) is 0 Å². The molecule has 0 N–H and O–H groups in total. The highest BCUT2D eigenvalue weighted by Gasteiger charge is 2.22. The molecule has 104 valence electrons. The van der Waals surface area contributed by atoms with Crippen LogP contribution in [0.4, 0.5) is 0 Å². The number of carbonyl (C=O) groups is 3. The Hall–Kier alpha value is -1.59. The van der Waals surface area contributed by atoms with Gasteiger partial charge in [0.25, 0.3) is 0 Å². The van der Waals surface area contributed by atoms with Crippen LogP contribution in [0.3, 0.4) is 0 Å². The van der Waals surface area contributed by atoms with Gasteiger partial charge in [-0.05, 0) is 19.8 Å². The van der Waals surface area contributed by atoms with Crippen LogP contribution in [0.1, 0.15) is 33.1 Å². The van der Waals surface area contributed by atoms with Gasteiger partial charge in [0, 0.05) is 19.3 Å². The monoisotopic (exact) mass is 260 g/mol. The zero-order valence-corrected chi connectivity index (χ0v) is 11.1. The van der Waals surface area contributed by atoms with Crippen LogP contribution in [0.2, 0.25) is 0 Å². The molecule has 0 rings (SSSR count). The number of esters is 3. The van der Waals surface area contributed by atoms with Crippen LogP contribution >= 0.6 is 0 Å². The van der Waals surface area contributed by atoms with Crippen LogP contribution in [0.5, 0.6) is 0 Å². The van der Waals surface area contributed by atoms with Crippen LogP contribution < -0.4 is 0 Å². The zero-order chi connectivity index (χ0) is 14.0. The van der Waals surface area contributed by atoms with E-state index in [9.17, 15) is 14.4 Å². The summed E-state index contributed by atoms with van der Waals surface area (Å²) in [6.45, 7) is 3.92. The third-order valence-electron chi connectivity index (χ3n) is 2.20. The van der Waals surface area contributed by atoms with Gasteiger partial charge in [0.1, 0.15) is 0 Å². The van der Waals surface area contributed by atoms with E-state index in [2.05, 4.69) is 4.74 Å². The van der Waals surface area contributed by atoms with Gasteiger partial charge in [-0.25, -0.2) is 0 Å². The van der Waals surface area contributed by atoms with Crippen molar-refractivity contribution in [2.24, 2.45) is 5.92 Å². The van der Waals surface area contributed by atoms with Gasteiger partial charge in [-0.15, -0.1) is 0 Å². The number of carbonyl (C=O) groups excluding carboxylic acids is 3. The van der Waals surface area contributed by atoms with Gasteiger partial charge in [0.2, 0.25) is 0 Å². The molecule has 0 bridgehead atoms. The summed E-state index contributed by atoms with van der Waals surface area (Å²) in [4.78, 5) is 33.8. The highest BCUT2D eigenvalue weighted by molar-refractivity contribution is 5.76. The van der Waals surface area contributed by atoms with Crippen molar-refractivity contribution in [1.82, 2.24) is 0 Å². The van der Waals surface area contributed by atoms with Crippen molar-refractivity contribution in [3.05, 3.63) is 0 Å². The lowest BCUT2D eigenvalue weighted by Crippen LogP contribution is -2.20. The minimum absolute atomic E-state index is 0.00174. The molecule has 18 heavy (non-hydrogen) atoms. The Morgan fingerprint density at radius 2 is 1.22 bits per heavy atom. The summed E-state index contributed by atoms with van der Waals surface area (Å²) in [7, 11) is 1.26. The van der Waals surface area contributed by atoms with E-state index in [0.717, 1.165) is 0 Å². The minimum Gasteiger partial charge on any atom is -0.469 e. The van der Waals surface area contributed by atoms with E-state index < -0.39 is 23.8 Å². The number of methoxy groups -OCH3 is 1. The van der Waals surface area contributed by atoms with Gasteiger partial charge < -0.3 is 14.2 Å². The van der Waals surface area contributed by atoms with Gasteiger partial charge in [-0.1, -0.05) is 0 Å². The molecule has 0 aromatic carbocycles. The average molecular weight is 260 g/mol. The predicted octanol–water partition coefficient (Wildman–Crippen LogP) is 1.07. The second kappa shape index (κ2) is 9.44. The summed E-state index contributed by atoms with van der Waals surface area (Å²) in [6, 6.07) is 0. The molecule has 0 aliphatic carbocycles. The molecule has 0 atom stereocenters. The van der Waals surface area contributed by atoms with Gasteiger partial charge in [-0.3, -0.25) is 14.4 Å². The molecule has 0 amide bonds. The fraction of sp³-hybridized carbons (Fsp3) is 0.750. The number of hydrogen-bond acceptors (Lipinski definition) is 6.